The first-order chi connectivity index (χ1) is 16.6. The minimum Gasteiger partial charge on any atom is -0.483 e. The van der Waals surface area contributed by atoms with E-state index in [0.717, 1.165) is 23.4 Å². The molecule has 6 nitrogen and oxygen atoms in total. The van der Waals surface area contributed by atoms with Crippen LogP contribution in [0.1, 0.15) is 59.1 Å². The number of hydrogen-bond acceptors (Lipinski definition) is 4. The van der Waals surface area contributed by atoms with Gasteiger partial charge in [-0.05, 0) is 53.0 Å². The fourth-order valence-electron chi connectivity index (χ4n) is 3.96. The Bertz CT molecular complexity index is 1170. The number of hydrazone groups is 1. The summed E-state index contributed by atoms with van der Waals surface area (Å²) in [6.07, 6.45) is 1.65. The van der Waals surface area contributed by atoms with E-state index in [0.29, 0.717) is 10.8 Å². The normalized spacial score (nSPS) is 14.2. The van der Waals surface area contributed by atoms with Gasteiger partial charge in [0.15, 0.2) is 6.61 Å². The molecule has 3 rings (SSSR count). The highest BCUT2D eigenvalue weighted by Crippen LogP contribution is 2.38. The quantitative estimate of drug-likeness (QED) is 0.417. The fraction of sp³-hybridized carbons (Fsp3) is 0.444. The van der Waals surface area contributed by atoms with Gasteiger partial charge in [-0.1, -0.05) is 88.5 Å². The predicted molar refractivity (Wildman–Crippen MR) is 147 cm³/mol. The number of nitrogens with zero attached hydrogens (tertiary/aromatic N) is 2. The molecule has 1 N–H and O–H groups in total. The summed E-state index contributed by atoms with van der Waals surface area (Å²) in [5, 5.41) is 8.63. The van der Waals surface area contributed by atoms with E-state index in [-0.39, 0.29) is 51.3 Å². The van der Waals surface area contributed by atoms with E-state index in [1.165, 1.54) is 17.7 Å². The number of amidine groups is 1. The zero-order valence-electron chi connectivity index (χ0n) is 21.5. The van der Waals surface area contributed by atoms with E-state index < -0.39 is 5.91 Å². The lowest BCUT2D eigenvalue weighted by Crippen LogP contribution is -2.34. The van der Waals surface area contributed by atoms with E-state index in [1.54, 1.807) is 0 Å². The summed E-state index contributed by atoms with van der Waals surface area (Å²) in [6.45, 7) is 12.9. The third-order valence-corrected chi connectivity index (χ3v) is 5.99. The molecule has 0 unspecified atom stereocenters. The van der Waals surface area contributed by atoms with Gasteiger partial charge in [0.05, 0.1) is 16.5 Å². The van der Waals surface area contributed by atoms with Crippen LogP contribution in [0.5, 0.6) is 5.75 Å². The number of hydrogen-bond donors (Lipinski definition) is 1. The number of rotatable bonds is 6. The maximum atomic E-state index is 12.6. The van der Waals surface area contributed by atoms with Crippen molar-refractivity contribution in [3.05, 3.63) is 56.5 Å². The molecule has 0 fully saturated rings. The molecule has 0 radical (unpaired) electrons. The number of amides is 2. The Labute approximate surface area is 227 Å². The molecule has 2 amide bonds. The van der Waals surface area contributed by atoms with E-state index >= 15 is 0 Å². The van der Waals surface area contributed by atoms with Crippen LogP contribution in [-0.2, 0) is 22.4 Å². The zero-order valence-corrected chi connectivity index (χ0v) is 23.7. The van der Waals surface area contributed by atoms with Crippen LogP contribution < -0.4 is 15.1 Å². The average Bonchev–Trinajstić information content (AvgIpc) is 3.03. The van der Waals surface area contributed by atoms with Crippen molar-refractivity contribution in [2.24, 2.45) is 15.9 Å². The van der Waals surface area contributed by atoms with E-state index in [1.807, 2.05) is 12.1 Å². The van der Waals surface area contributed by atoms with Crippen molar-refractivity contribution in [3.8, 4) is 5.75 Å². The lowest BCUT2D eigenvalue weighted by molar-refractivity contribution is -0.121. The van der Waals surface area contributed by atoms with E-state index in [4.69, 9.17) is 39.5 Å². The van der Waals surface area contributed by atoms with Crippen LogP contribution in [0.4, 0.5) is 5.69 Å². The molecule has 1 aliphatic rings. The number of halogens is 3. The first-order valence-electron chi connectivity index (χ1n) is 11.7. The Morgan fingerprint density at radius 3 is 2.19 bits per heavy atom. The summed E-state index contributed by atoms with van der Waals surface area (Å²) >= 11 is 18.4. The van der Waals surface area contributed by atoms with Crippen molar-refractivity contribution >= 4 is 58.1 Å². The molecule has 0 spiro atoms. The van der Waals surface area contributed by atoms with Crippen LogP contribution in [0.3, 0.4) is 0 Å². The van der Waals surface area contributed by atoms with Gasteiger partial charge < -0.3 is 10.1 Å². The summed E-state index contributed by atoms with van der Waals surface area (Å²) in [6, 6.07) is 9.08. The van der Waals surface area contributed by atoms with E-state index in [2.05, 4.69) is 58.0 Å². The lowest BCUT2D eigenvalue weighted by atomic mass is 9.84. The molecule has 2 aromatic rings. The van der Waals surface area contributed by atoms with Gasteiger partial charge in [0.2, 0.25) is 0 Å². The largest absolute Gasteiger partial charge is 0.483 e. The summed E-state index contributed by atoms with van der Waals surface area (Å²) in [5.41, 5.74) is 2.72. The number of benzene rings is 2. The molecule has 0 aromatic heterocycles. The summed E-state index contributed by atoms with van der Waals surface area (Å²) < 4.78 is 5.91. The number of carbonyl (C=O) groups is 2. The smallest absolute Gasteiger partial charge is 0.263 e. The first kappa shape index (κ1) is 28.3. The molecule has 194 valence electrons. The predicted octanol–water partition coefficient (Wildman–Crippen LogP) is 7.07. The fourth-order valence-corrected chi connectivity index (χ4v) is 4.93. The van der Waals surface area contributed by atoms with Crippen LogP contribution in [0.25, 0.3) is 0 Å². The van der Waals surface area contributed by atoms with Gasteiger partial charge in [-0.15, -0.1) is 0 Å². The van der Waals surface area contributed by atoms with Gasteiger partial charge in [-0.3, -0.25) is 9.59 Å². The second kappa shape index (κ2) is 11.0. The van der Waals surface area contributed by atoms with Crippen molar-refractivity contribution in [3.63, 3.8) is 0 Å². The Balaban J connectivity index is 1.70. The molecule has 1 aliphatic heterocycles. The first-order valence-corrected chi connectivity index (χ1v) is 12.8. The number of carbonyl (C=O) groups excluding carboxylic acids is 2. The molecule has 0 atom stereocenters. The van der Waals surface area contributed by atoms with Gasteiger partial charge >= 0.3 is 0 Å². The molecule has 2 aromatic carbocycles. The summed E-state index contributed by atoms with van der Waals surface area (Å²) in [4.78, 5) is 25.2. The van der Waals surface area contributed by atoms with Crippen LogP contribution >= 0.6 is 34.8 Å². The molecule has 1 heterocycles. The molecule has 9 heteroatoms. The number of nitrogens with one attached hydrogen (secondary N) is 1. The lowest BCUT2D eigenvalue weighted by Gasteiger charge is -2.23. The van der Waals surface area contributed by atoms with Crippen molar-refractivity contribution in [2.45, 2.75) is 60.8 Å². The average molecular weight is 553 g/mol. The topological polar surface area (TPSA) is 71.0 Å². The second-order valence-electron chi connectivity index (χ2n) is 11.4. The highest BCUT2D eigenvalue weighted by molar-refractivity contribution is 6.42. The molecule has 0 saturated carbocycles. The molecule has 36 heavy (non-hydrogen) atoms. The van der Waals surface area contributed by atoms with Gasteiger partial charge in [-0.2, -0.15) is 10.1 Å². The van der Waals surface area contributed by atoms with Crippen molar-refractivity contribution in [1.82, 2.24) is 5.32 Å². The van der Waals surface area contributed by atoms with Gasteiger partial charge in [0, 0.05) is 5.02 Å². The molecule has 0 aliphatic carbocycles. The van der Waals surface area contributed by atoms with Crippen LogP contribution in [0.2, 0.25) is 15.1 Å². The van der Waals surface area contributed by atoms with Gasteiger partial charge in [-0.25, -0.2) is 0 Å². The SMILES string of the molecule is CC(C)(C)Cc1ccc(OCC(=O)NC2=NN(c3c(Cl)cc(Cl)cc3Cl)C(=O)C2)c(CC(C)(C)C)c1. The molecule has 0 saturated heterocycles. The van der Waals surface area contributed by atoms with Gasteiger partial charge in [0.25, 0.3) is 11.8 Å². The number of anilines is 1. The number of ether oxygens (including phenoxy) is 1. The third kappa shape index (κ3) is 7.86. The van der Waals surface area contributed by atoms with Gasteiger partial charge in [0.1, 0.15) is 17.3 Å². The van der Waals surface area contributed by atoms with Crippen LogP contribution in [0, 0.1) is 10.8 Å². The third-order valence-electron chi connectivity index (χ3n) is 5.19. The highest BCUT2D eigenvalue weighted by atomic mass is 35.5. The standard InChI is InChI=1S/C27H32Cl3N3O3/c1-26(2,3)13-16-7-8-21(17(9-16)14-27(4,5)6)36-15-23(34)31-22-12-24(35)33(32-22)25-19(29)10-18(28)11-20(25)30/h7-11H,12-15H2,1-6H3,(H,31,32,34). The zero-order chi connectivity index (χ0) is 26.8. The van der Waals surface area contributed by atoms with Crippen LogP contribution in [-0.4, -0.2) is 24.3 Å². The minimum absolute atomic E-state index is 0.0489. The maximum Gasteiger partial charge on any atom is 0.263 e. The Morgan fingerprint density at radius 2 is 1.61 bits per heavy atom. The second-order valence-corrected chi connectivity index (χ2v) is 12.7. The Kier molecular flexibility index (Phi) is 8.64. The molecular formula is C27H32Cl3N3O3. The highest BCUT2D eigenvalue weighted by Gasteiger charge is 2.30. The van der Waals surface area contributed by atoms with Crippen molar-refractivity contribution in [2.75, 3.05) is 11.6 Å². The molecule has 0 bridgehead atoms. The Morgan fingerprint density at radius 1 is 1.00 bits per heavy atom. The molecular weight excluding hydrogens is 521 g/mol. The minimum atomic E-state index is -0.419. The van der Waals surface area contributed by atoms with Crippen molar-refractivity contribution < 1.29 is 14.3 Å². The Hall–Kier alpha value is -2.28. The summed E-state index contributed by atoms with van der Waals surface area (Å²) in [5.74, 6) is 0.0612. The summed E-state index contributed by atoms with van der Waals surface area (Å²) in [7, 11) is 0. The van der Waals surface area contributed by atoms with E-state index in [9.17, 15) is 9.59 Å². The monoisotopic (exact) mass is 551 g/mol. The van der Waals surface area contributed by atoms with Crippen LogP contribution in [0.15, 0.2) is 35.4 Å². The van der Waals surface area contributed by atoms with Crippen molar-refractivity contribution in [1.29, 1.82) is 0 Å². The maximum absolute atomic E-state index is 12.6.